The molecule has 0 fully saturated rings. The van der Waals surface area contributed by atoms with Crippen LogP contribution in [0, 0.1) is 0 Å². The number of aromatic carboxylic acids is 1. The van der Waals surface area contributed by atoms with Gasteiger partial charge < -0.3 is 9.52 Å². The van der Waals surface area contributed by atoms with Crippen molar-refractivity contribution in [1.82, 2.24) is 4.98 Å². The first kappa shape index (κ1) is 10.2. The Morgan fingerprint density at radius 3 is 2.93 bits per heavy atom. The standard InChI is InChI=1S/C10H8BrNO3/c1-2-8-12-9-6(10(13)14)3-5(11)4-7(9)15-8/h3-4H,2H2,1H3,(H,13,14). The summed E-state index contributed by atoms with van der Waals surface area (Å²) in [6.07, 6.45) is 0.644. The summed E-state index contributed by atoms with van der Waals surface area (Å²) in [6.45, 7) is 1.90. The Kier molecular flexibility index (Phi) is 2.48. The number of halogens is 1. The van der Waals surface area contributed by atoms with E-state index in [1.165, 1.54) is 6.07 Å². The molecule has 0 saturated heterocycles. The lowest BCUT2D eigenvalue weighted by atomic mass is 10.2. The Labute approximate surface area is 94.0 Å². The second-order valence-corrected chi connectivity index (χ2v) is 3.98. The number of hydrogen-bond donors (Lipinski definition) is 1. The number of oxazole rings is 1. The summed E-state index contributed by atoms with van der Waals surface area (Å²) < 4.78 is 6.06. The number of rotatable bonds is 2. The van der Waals surface area contributed by atoms with Crippen LogP contribution >= 0.6 is 15.9 Å². The first-order valence-corrected chi connectivity index (χ1v) is 5.23. The van der Waals surface area contributed by atoms with Crippen LogP contribution in [0.1, 0.15) is 23.2 Å². The van der Waals surface area contributed by atoms with Crippen molar-refractivity contribution in [2.24, 2.45) is 0 Å². The number of benzene rings is 1. The lowest BCUT2D eigenvalue weighted by Crippen LogP contribution is -1.97. The highest BCUT2D eigenvalue weighted by molar-refractivity contribution is 9.10. The second kappa shape index (κ2) is 3.66. The van der Waals surface area contributed by atoms with E-state index in [-0.39, 0.29) is 5.56 Å². The zero-order valence-electron chi connectivity index (χ0n) is 7.95. The molecule has 4 nitrogen and oxygen atoms in total. The SMILES string of the molecule is CCc1nc2c(C(=O)O)cc(Br)cc2o1. The average molecular weight is 270 g/mol. The molecule has 0 atom stereocenters. The minimum absolute atomic E-state index is 0.155. The van der Waals surface area contributed by atoms with Crippen LogP contribution < -0.4 is 0 Å². The fourth-order valence-electron chi connectivity index (χ4n) is 1.36. The van der Waals surface area contributed by atoms with E-state index in [4.69, 9.17) is 9.52 Å². The van der Waals surface area contributed by atoms with Crippen LogP contribution in [0.4, 0.5) is 0 Å². The summed E-state index contributed by atoms with van der Waals surface area (Å²) in [5, 5.41) is 8.99. The van der Waals surface area contributed by atoms with E-state index >= 15 is 0 Å². The van der Waals surface area contributed by atoms with Crippen molar-refractivity contribution in [3.05, 3.63) is 28.1 Å². The van der Waals surface area contributed by atoms with Crippen molar-refractivity contribution < 1.29 is 14.3 Å². The molecule has 1 heterocycles. The molecular weight excluding hydrogens is 262 g/mol. The van der Waals surface area contributed by atoms with Crippen molar-refractivity contribution in [2.75, 3.05) is 0 Å². The lowest BCUT2D eigenvalue weighted by molar-refractivity contribution is 0.0698. The molecule has 1 N–H and O–H groups in total. The molecule has 0 unspecified atom stereocenters. The van der Waals surface area contributed by atoms with Gasteiger partial charge in [0.15, 0.2) is 11.5 Å². The van der Waals surface area contributed by atoms with E-state index in [1.807, 2.05) is 6.92 Å². The molecule has 2 aromatic rings. The maximum atomic E-state index is 11.0. The van der Waals surface area contributed by atoms with Crippen LogP contribution in [0.3, 0.4) is 0 Å². The van der Waals surface area contributed by atoms with Gasteiger partial charge in [-0.1, -0.05) is 22.9 Å². The van der Waals surface area contributed by atoms with Gasteiger partial charge in [-0.3, -0.25) is 0 Å². The molecule has 0 radical (unpaired) electrons. The molecule has 0 aliphatic heterocycles. The third-order valence-corrected chi connectivity index (χ3v) is 2.49. The molecule has 15 heavy (non-hydrogen) atoms. The van der Waals surface area contributed by atoms with Crippen LogP contribution in [0.5, 0.6) is 0 Å². The number of fused-ring (bicyclic) bond motifs is 1. The average Bonchev–Trinajstić information content (AvgIpc) is 2.58. The Morgan fingerprint density at radius 1 is 1.60 bits per heavy atom. The van der Waals surface area contributed by atoms with Crippen molar-refractivity contribution in [3.63, 3.8) is 0 Å². The number of aromatic nitrogens is 1. The molecule has 1 aromatic heterocycles. The molecule has 0 bridgehead atoms. The number of nitrogens with zero attached hydrogens (tertiary/aromatic N) is 1. The quantitative estimate of drug-likeness (QED) is 0.911. The van der Waals surface area contributed by atoms with Crippen LogP contribution in [0.25, 0.3) is 11.1 Å². The van der Waals surface area contributed by atoms with Gasteiger partial charge in [0, 0.05) is 10.9 Å². The molecule has 5 heteroatoms. The van der Waals surface area contributed by atoms with E-state index in [0.717, 1.165) is 0 Å². The molecule has 2 rings (SSSR count). The normalized spacial score (nSPS) is 10.8. The van der Waals surface area contributed by atoms with Crippen LogP contribution in [-0.4, -0.2) is 16.1 Å². The van der Waals surface area contributed by atoms with E-state index in [9.17, 15) is 4.79 Å². The summed E-state index contributed by atoms with van der Waals surface area (Å²) in [7, 11) is 0. The maximum Gasteiger partial charge on any atom is 0.338 e. The van der Waals surface area contributed by atoms with Gasteiger partial charge in [-0.15, -0.1) is 0 Å². The molecule has 0 aliphatic carbocycles. The summed E-state index contributed by atoms with van der Waals surface area (Å²) in [5.74, 6) is -0.456. The van der Waals surface area contributed by atoms with Gasteiger partial charge in [-0.25, -0.2) is 9.78 Å². The first-order chi connectivity index (χ1) is 7.11. The Hall–Kier alpha value is -1.36. The number of carboxylic acid groups (broad SMARTS) is 1. The zero-order valence-corrected chi connectivity index (χ0v) is 9.54. The van der Waals surface area contributed by atoms with E-state index in [2.05, 4.69) is 20.9 Å². The fraction of sp³-hybridized carbons (Fsp3) is 0.200. The minimum Gasteiger partial charge on any atom is -0.478 e. The predicted molar refractivity (Wildman–Crippen MR) is 58.0 cm³/mol. The Morgan fingerprint density at radius 2 is 2.33 bits per heavy atom. The first-order valence-electron chi connectivity index (χ1n) is 4.44. The summed E-state index contributed by atoms with van der Waals surface area (Å²) in [6, 6.07) is 3.24. The lowest BCUT2D eigenvalue weighted by Gasteiger charge is -1.95. The molecule has 0 aliphatic rings. The monoisotopic (exact) mass is 269 g/mol. The van der Waals surface area contributed by atoms with Gasteiger partial charge in [0.05, 0.1) is 5.56 Å². The molecular formula is C10H8BrNO3. The van der Waals surface area contributed by atoms with E-state index < -0.39 is 5.97 Å². The van der Waals surface area contributed by atoms with Crippen molar-refractivity contribution >= 4 is 33.0 Å². The third kappa shape index (κ3) is 1.74. The van der Waals surface area contributed by atoms with Crippen LogP contribution in [0.2, 0.25) is 0 Å². The summed E-state index contributed by atoms with van der Waals surface area (Å²) in [4.78, 5) is 15.1. The fourth-order valence-corrected chi connectivity index (χ4v) is 1.79. The topological polar surface area (TPSA) is 63.3 Å². The second-order valence-electron chi connectivity index (χ2n) is 3.07. The van der Waals surface area contributed by atoms with Gasteiger partial charge >= 0.3 is 5.97 Å². The van der Waals surface area contributed by atoms with Gasteiger partial charge in [0.25, 0.3) is 0 Å². The van der Waals surface area contributed by atoms with Gasteiger partial charge in [0.2, 0.25) is 0 Å². The smallest absolute Gasteiger partial charge is 0.338 e. The van der Waals surface area contributed by atoms with Crippen LogP contribution in [0.15, 0.2) is 21.0 Å². The Balaban J connectivity index is 2.77. The summed E-state index contributed by atoms with van der Waals surface area (Å²) >= 11 is 3.23. The van der Waals surface area contributed by atoms with Crippen molar-refractivity contribution in [3.8, 4) is 0 Å². The van der Waals surface area contributed by atoms with E-state index in [1.54, 1.807) is 6.07 Å². The van der Waals surface area contributed by atoms with Crippen molar-refractivity contribution in [2.45, 2.75) is 13.3 Å². The van der Waals surface area contributed by atoms with Crippen molar-refractivity contribution in [1.29, 1.82) is 0 Å². The van der Waals surface area contributed by atoms with Gasteiger partial charge in [0.1, 0.15) is 5.52 Å². The van der Waals surface area contributed by atoms with Crippen LogP contribution in [-0.2, 0) is 6.42 Å². The molecule has 0 saturated carbocycles. The number of aryl methyl sites for hydroxylation is 1. The maximum absolute atomic E-state index is 11.0. The number of carbonyl (C=O) groups is 1. The molecule has 0 spiro atoms. The van der Waals surface area contributed by atoms with Gasteiger partial charge in [-0.05, 0) is 12.1 Å². The highest BCUT2D eigenvalue weighted by atomic mass is 79.9. The third-order valence-electron chi connectivity index (χ3n) is 2.04. The Bertz CT molecular complexity index is 533. The number of carboxylic acids is 1. The molecule has 78 valence electrons. The highest BCUT2D eigenvalue weighted by Crippen LogP contribution is 2.25. The molecule has 0 amide bonds. The minimum atomic E-state index is -1.00. The zero-order chi connectivity index (χ0) is 11.0. The predicted octanol–water partition coefficient (Wildman–Crippen LogP) is 2.85. The van der Waals surface area contributed by atoms with E-state index in [0.29, 0.717) is 27.9 Å². The number of hydrogen-bond acceptors (Lipinski definition) is 3. The highest BCUT2D eigenvalue weighted by Gasteiger charge is 2.15. The molecule has 1 aromatic carbocycles. The summed E-state index contributed by atoms with van der Waals surface area (Å²) in [5.41, 5.74) is 1.06. The largest absolute Gasteiger partial charge is 0.478 e. The van der Waals surface area contributed by atoms with Gasteiger partial charge in [-0.2, -0.15) is 0 Å².